The van der Waals surface area contributed by atoms with Crippen LogP contribution < -0.4 is 5.32 Å². The molecule has 1 N–H and O–H groups in total. The first-order chi connectivity index (χ1) is 12.9. The summed E-state index contributed by atoms with van der Waals surface area (Å²) >= 11 is 1.55. The smallest absolute Gasteiger partial charge is 0.263 e. The van der Waals surface area contributed by atoms with Gasteiger partial charge in [0, 0.05) is 25.6 Å². The maximum atomic E-state index is 12.8. The van der Waals surface area contributed by atoms with E-state index < -0.39 is 0 Å². The normalized spacial score (nSPS) is 18.8. The molecular weight excluding hydrogens is 354 g/mol. The van der Waals surface area contributed by atoms with Crippen LogP contribution in [0.3, 0.4) is 0 Å². The predicted molar refractivity (Wildman–Crippen MR) is 112 cm³/mol. The number of aromatic nitrogens is 1. The van der Waals surface area contributed by atoms with Crippen LogP contribution in [-0.2, 0) is 13.0 Å². The molecule has 0 unspecified atom stereocenters. The molecule has 2 aromatic rings. The van der Waals surface area contributed by atoms with Crippen LogP contribution in [0.1, 0.15) is 53.1 Å². The molecule has 1 aliphatic heterocycles. The lowest BCUT2D eigenvalue weighted by Gasteiger charge is -2.21. The van der Waals surface area contributed by atoms with Gasteiger partial charge < -0.3 is 5.32 Å². The molecule has 4 nitrogen and oxygen atoms in total. The van der Waals surface area contributed by atoms with Crippen molar-refractivity contribution < 1.29 is 4.79 Å². The van der Waals surface area contributed by atoms with Crippen molar-refractivity contribution in [2.75, 3.05) is 13.1 Å². The highest BCUT2D eigenvalue weighted by Crippen LogP contribution is 2.24. The molecule has 2 heterocycles. The van der Waals surface area contributed by atoms with Crippen LogP contribution in [0.2, 0.25) is 0 Å². The van der Waals surface area contributed by atoms with E-state index in [0.29, 0.717) is 11.8 Å². The second-order valence-corrected chi connectivity index (χ2v) is 9.24. The molecule has 1 aromatic heterocycles. The molecule has 1 amide bonds. The van der Waals surface area contributed by atoms with Gasteiger partial charge in [0.05, 0.1) is 10.7 Å². The number of carbonyl (C=O) groups is 1. The van der Waals surface area contributed by atoms with Crippen molar-refractivity contribution in [2.45, 2.75) is 53.1 Å². The SMILES string of the molecule is Cc1nc(CC(C)C)sc1C(=O)N[C@H](C)[C@@H]1CCN(Cc2ccccc2)C1. The number of rotatable bonds is 7. The van der Waals surface area contributed by atoms with Crippen molar-refractivity contribution in [1.29, 1.82) is 0 Å². The van der Waals surface area contributed by atoms with E-state index >= 15 is 0 Å². The summed E-state index contributed by atoms with van der Waals surface area (Å²) in [5.41, 5.74) is 2.21. The Hall–Kier alpha value is -1.72. The molecule has 1 saturated heterocycles. The van der Waals surface area contributed by atoms with Crippen LogP contribution in [-0.4, -0.2) is 34.9 Å². The van der Waals surface area contributed by atoms with Gasteiger partial charge in [0.15, 0.2) is 0 Å². The minimum Gasteiger partial charge on any atom is -0.349 e. The number of hydrogen-bond acceptors (Lipinski definition) is 4. The van der Waals surface area contributed by atoms with Crippen molar-refractivity contribution in [3.8, 4) is 0 Å². The van der Waals surface area contributed by atoms with E-state index in [4.69, 9.17) is 0 Å². The quantitative estimate of drug-likeness (QED) is 0.773. The van der Waals surface area contributed by atoms with Crippen LogP contribution >= 0.6 is 11.3 Å². The summed E-state index contributed by atoms with van der Waals surface area (Å²) in [5.74, 6) is 1.09. The molecule has 1 aromatic carbocycles. The highest BCUT2D eigenvalue weighted by atomic mass is 32.1. The molecule has 146 valence electrons. The van der Waals surface area contributed by atoms with Crippen molar-refractivity contribution in [3.05, 3.63) is 51.5 Å². The fourth-order valence-corrected chi connectivity index (χ4v) is 4.93. The highest BCUT2D eigenvalue weighted by Gasteiger charge is 2.29. The fourth-order valence-electron chi connectivity index (χ4n) is 3.75. The van der Waals surface area contributed by atoms with Crippen molar-refractivity contribution in [3.63, 3.8) is 0 Å². The minimum absolute atomic E-state index is 0.0361. The standard InChI is InChI=1S/C22H31N3OS/c1-15(2)12-20-23-17(4)21(27-20)22(26)24-16(3)19-10-11-25(14-19)13-18-8-6-5-7-9-18/h5-9,15-16,19H,10-14H2,1-4H3,(H,24,26)/t16-,19-/m1/s1. The Morgan fingerprint density at radius 2 is 2.04 bits per heavy atom. The fraction of sp³-hybridized carbons (Fsp3) is 0.545. The lowest BCUT2D eigenvalue weighted by atomic mass is 10.0. The maximum absolute atomic E-state index is 12.8. The number of likely N-dealkylation sites (tertiary alicyclic amines) is 1. The zero-order valence-corrected chi connectivity index (χ0v) is 17.7. The third-order valence-electron chi connectivity index (χ3n) is 5.25. The molecule has 0 saturated carbocycles. The summed E-state index contributed by atoms with van der Waals surface area (Å²) < 4.78 is 0. The zero-order valence-electron chi connectivity index (χ0n) is 16.9. The Labute approximate surface area is 167 Å². The van der Waals surface area contributed by atoms with E-state index in [1.165, 1.54) is 5.56 Å². The number of benzene rings is 1. The maximum Gasteiger partial charge on any atom is 0.263 e. The molecule has 1 aliphatic rings. The lowest BCUT2D eigenvalue weighted by molar-refractivity contribution is 0.0930. The number of aryl methyl sites for hydroxylation is 1. The van der Waals surface area contributed by atoms with Crippen molar-refractivity contribution in [2.24, 2.45) is 11.8 Å². The van der Waals surface area contributed by atoms with Crippen LogP contribution in [0.25, 0.3) is 0 Å². The van der Waals surface area contributed by atoms with Gasteiger partial charge in [-0.3, -0.25) is 9.69 Å². The molecule has 0 aliphatic carbocycles. The molecule has 1 fully saturated rings. The first-order valence-corrected chi connectivity index (χ1v) is 10.8. The second-order valence-electron chi connectivity index (χ2n) is 8.15. The number of thiazole rings is 1. The molecule has 0 bridgehead atoms. The third kappa shape index (κ3) is 5.39. The van der Waals surface area contributed by atoms with Crippen molar-refractivity contribution in [1.82, 2.24) is 15.2 Å². The Kier molecular flexibility index (Phi) is 6.66. The van der Waals surface area contributed by atoms with Gasteiger partial charge in [-0.25, -0.2) is 4.98 Å². The number of amides is 1. The highest BCUT2D eigenvalue weighted by molar-refractivity contribution is 7.13. The first kappa shape index (κ1) is 20.0. The number of nitrogens with one attached hydrogen (secondary N) is 1. The molecule has 5 heteroatoms. The Bertz CT molecular complexity index is 756. The monoisotopic (exact) mass is 385 g/mol. The molecule has 0 spiro atoms. The zero-order chi connectivity index (χ0) is 19.4. The van der Waals surface area contributed by atoms with Gasteiger partial charge in [-0.2, -0.15) is 0 Å². The van der Waals surface area contributed by atoms with Gasteiger partial charge in [0.2, 0.25) is 0 Å². The topological polar surface area (TPSA) is 45.2 Å². The summed E-state index contributed by atoms with van der Waals surface area (Å²) in [6.07, 6.45) is 2.07. The molecular formula is C22H31N3OS. The Morgan fingerprint density at radius 3 is 2.74 bits per heavy atom. The third-order valence-corrected chi connectivity index (χ3v) is 6.43. The van der Waals surface area contributed by atoms with Gasteiger partial charge in [-0.1, -0.05) is 44.2 Å². The summed E-state index contributed by atoms with van der Waals surface area (Å²) in [6.45, 7) is 11.6. The summed E-state index contributed by atoms with van der Waals surface area (Å²) in [4.78, 5) is 20.6. The summed E-state index contributed by atoms with van der Waals surface area (Å²) in [5, 5.41) is 4.30. The van der Waals surface area contributed by atoms with E-state index in [0.717, 1.165) is 48.1 Å². The summed E-state index contributed by atoms with van der Waals surface area (Å²) in [7, 11) is 0. The van der Waals surface area contributed by atoms with E-state index in [-0.39, 0.29) is 11.9 Å². The van der Waals surface area contributed by atoms with Crippen LogP contribution in [0.5, 0.6) is 0 Å². The Morgan fingerprint density at radius 1 is 1.30 bits per heavy atom. The van der Waals surface area contributed by atoms with Crippen molar-refractivity contribution >= 4 is 17.2 Å². The number of carbonyl (C=O) groups excluding carboxylic acids is 1. The van der Waals surface area contributed by atoms with Gasteiger partial charge >= 0.3 is 0 Å². The number of nitrogens with zero attached hydrogens (tertiary/aromatic N) is 2. The average molecular weight is 386 g/mol. The van der Waals surface area contributed by atoms with Gasteiger partial charge in [-0.05, 0) is 44.2 Å². The van der Waals surface area contributed by atoms with E-state index in [1.807, 2.05) is 6.92 Å². The van der Waals surface area contributed by atoms with Gasteiger partial charge in [0.1, 0.15) is 4.88 Å². The van der Waals surface area contributed by atoms with E-state index in [2.05, 4.69) is 66.3 Å². The van der Waals surface area contributed by atoms with Crippen LogP contribution in [0.4, 0.5) is 0 Å². The molecule has 2 atom stereocenters. The minimum atomic E-state index is 0.0361. The first-order valence-electron chi connectivity index (χ1n) is 9.95. The number of hydrogen-bond donors (Lipinski definition) is 1. The molecule has 0 radical (unpaired) electrons. The lowest BCUT2D eigenvalue weighted by Crippen LogP contribution is -2.39. The summed E-state index contributed by atoms with van der Waals surface area (Å²) in [6, 6.07) is 10.8. The predicted octanol–water partition coefficient (Wildman–Crippen LogP) is 4.29. The van der Waals surface area contributed by atoms with E-state index in [1.54, 1.807) is 11.3 Å². The van der Waals surface area contributed by atoms with Gasteiger partial charge in [0.25, 0.3) is 5.91 Å². The molecule has 27 heavy (non-hydrogen) atoms. The van der Waals surface area contributed by atoms with Crippen LogP contribution in [0.15, 0.2) is 30.3 Å². The second kappa shape index (κ2) is 8.98. The van der Waals surface area contributed by atoms with Gasteiger partial charge in [-0.15, -0.1) is 11.3 Å². The Balaban J connectivity index is 1.54. The largest absolute Gasteiger partial charge is 0.349 e. The average Bonchev–Trinajstić information content (AvgIpc) is 3.22. The van der Waals surface area contributed by atoms with E-state index in [9.17, 15) is 4.79 Å². The molecule has 3 rings (SSSR count). The van der Waals surface area contributed by atoms with Crippen LogP contribution in [0, 0.1) is 18.8 Å².